The van der Waals surface area contributed by atoms with Crippen LogP contribution in [0.1, 0.15) is 126 Å². The summed E-state index contributed by atoms with van der Waals surface area (Å²) in [5.74, 6) is 0.972. The average molecular weight is 299 g/mol. The molecule has 130 valence electrons. The SMILES string of the molecule is CCCCC(C)(C)CCCC.CCCCC(C)CCCC. The molecule has 0 fully saturated rings. The van der Waals surface area contributed by atoms with Crippen LogP contribution in [0.3, 0.4) is 0 Å². The standard InChI is InChI=1S/C11H24.C10H22/c1-5-7-9-11(3,4)10-8-6-2;1-4-6-8-10(3)9-7-5-2/h5-10H2,1-4H3;10H,4-9H2,1-3H3. The van der Waals surface area contributed by atoms with Gasteiger partial charge in [-0.25, -0.2) is 0 Å². The minimum Gasteiger partial charge on any atom is -0.0654 e. The van der Waals surface area contributed by atoms with Gasteiger partial charge in [-0.1, -0.05) is 113 Å². The smallest absolute Gasteiger partial charge is 0.0354 e. The van der Waals surface area contributed by atoms with Crippen LogP contribution in [0.15, 0.2) is 0 Å². The maximum Gasteiger partial charge on any atom is -0.0354 e. The van der Waals surface area contributed by atoms with Crippen LogP contribution >= 0.6 is 0 Å². The topological polar surface area (TPSA) is 0 Å². The van der Waals surface area contributed by atoms with Gasteiger partial charge in [-0.3, -0.25) is 0 Å². The highest BCUT2D eigenvalue weighted by molar-refractivity contribution is 4.67. The maximum atomic E-state index is 2.40. The molecule has 0 rings (SSSR count). The lowest BCUT2D eigenvalue weighted by Crippen LogP contribution is -2.10. The summed E-state index contributed by atoms with van der Waals surface area (Å²) in [5.41, 5.74) is 0.603. The van der Waals surface area contributed by atoms with Gasteiger partial charge < -0.3 is 0 Å². The van der Waals surface area contributed by atoms with Gasteiger partial charge in [-0.2, -0.15) is 0 Å². The summed E-state index contributed by atoms with van der Waals surface area (Å²) in [4.78, 5) is 0. The second kappa shape index (κ2) is 16.4. The molecule has 0 amide bonds. The van der Waals surface area contributed by atoms with Crippen molar-refractivity contribution >= 4 is 0 Å². The van der Waals surface area contributed by atoms with Crippen LogP contribution in [-0.2, 0) is 0 Å². The van der Waals surface area contributed by atoms with E-state index in [1.807, 2.05) is 0 Å². The Morgan fingerprint density at radius 3 is 1.24 bits per heavy atom. The van der Waals surface area contributed by atoms with Crippen molar-refractivity contribution in [2.75, 3.05) is 0 Å². The molecule has 0 aromatic rings. The Kier molecular flexibility index (Phi) is 18.1. The minimum atomic E-state index is 0.603. The first-order chi connectivity index (χ1) is 9.93. The van der Waals surface area contributed by atoms with E-state index in [9.17, 15) is 0 Å². The molecule has 0 atom stereocenters. The maximum absolute atomic E-state index is 2.40. The highest BCUT2D eigenvalue weighted by atomic mass is 14.2. The van der Waals surface area contributed by atoms with Crippen molar-refractivity contribution < 1.29 is 0 Å². The molecule has 0 aliphatic rings. The quantitative estimate of drug-likeness (QED) is 0.339. The molecule has 0 saturated heterocycles. The predicted octanol–water partition coefficient (Wildman–Crippen LogP) is 8.40. The summed E-state index contributed by atoms with van der Waals surface area (Å²) < 4.78 is 0. The molecule has 0 N–H and O–H groups in total. The van der Waals surface area contributed by atoms with Gasteiger partial charge in [-0.15, -0.1) is 0 Å². The summed E-state index contributed by atoms with van der Waals surface area (Å²) in [6, 6.07) is 0. The van der Waals surface area contributed by atoms with Crippen molar-refractivity contribution in [3.8, 4) is 0 Å². The molecule has 0 heterocycles. The molecule has 0 unspecified atom stereocenters. The fourth-order valence-corrected chi connectivity index (χ4v) is 2.69. The normalized spacial score (nSPS) is 11.4. The van der Waals surface area contributed by atoms with Crippen LogP contribution < -0.4 is 0 Å². The summed E-state index contributed by atoms with van der Waals surface area (Å²) in [6.45, 7) is 16.3. The third kappa shape index (κ3) is 20.0. The first-order valence-electron chi connectivity index (χ1n) is 9.93. The van der Waals surface area contributed by atoms with Crippen LogP contribution in [0.4, 0.5) is 0 Å². The van der Waals surface area contributed by atoms with E-state index in [1.54, 1.807) is 0 Å². The van der Waals surface area contributed by atoms with Crippen LogP contribution in [0.25, 0.3) is 0 Å². The van der Waals surface area contributed by atoms with Gasteiger partial charge >= 0.3 is 0 Å². The molecule has 0 radical (unpaired) electrons. The largest absolute Gasteiger partial charge is 0.0654 e. The summed E-state index contributed by atoms with van der Waals surface area (Å²) in [5, 5.41) is 0. The summed E-state index contributed by atoms with van der Waals surface area (Å²) in [7, 11) is 0. The zero-order valence-corrected chi connectivity index (χ0v) is 16.6. The molecule has 0 heteroatoms. The van der Waals surface area contributed by atoms with Gasteiger partial charge in [0.15, 0.2) is 0 Å². The van der Waals surface area contributed by atoms with Gasteiger partial charge in [0.05, 0.1) is 0 Å². The molecule has 0 aromatic carbocycles. The van der Waals surface area contributed by atoms with Gasteiger partial charge in [0.2, 0.25) is 0 Å². The molecule has 21 heavy (non-hydrogen) atoms. The first-order valence-corrected chi connectivity index (χ1v) is 9.93. The summed E-state index contributed by atoms with van der Waals surface area (Å²) in [6.07, 6.45) is 16.7. The first kappa shape index (κ1) is 23.3. The summed E-state index contributed by atoms with van der Waals surface area (Å²) >= 11 is 0. The fraction of sp³-hybridized carbons (Fsp3) is 1.00. The third-order valence-electron chi connectivity index (χ3n) is 4.52. The van der Waals surface area contributed by atoms with Crippen molar-refractivity contribution in [2.45, 2.75) is 126 Å². The van der Waals surface area contributed by atoms with E-state index in [0.717, 1.165) is 5.92 Å². The Morgan fingerprint density at radius 2 is 0.952 bits per heavy atom. The van der Waals surface area contributed by atoms with Crippen LogP contribution in [0, 0.1) is 11.3 Å². The molecule has 0 saturated carbocycles. The van der Waals surface area contributed by atoms with Gasteiger partial charge in [0, 0.05) is 0 Å². The Balaban J connectivity index is 0. The lowest BCUT2D eigenvalue weighted by Gasteiger charge is -2.23. The molecule has 0 bridgehead atoms. The zero-order valence-electron chi connectivity index (χ0n) is 16.6. The van der Waals surface area contributed by atoms with E-state index in [1.165, 1.54) is 77.0 Å². The highest BCUT2D eigenvalue weighted by Gasteiger charge is 2.15. The highest BCUT2D eigenvalue weighted by Crippen LogP contribution is 2.29. The lowest BCUT2D eigenvalue weighted by atomic mass is 9.82. The second-order valence-corrected chi connectivity index (χ2v) is 7.76. The molecular formula is C21H46. The Morgan fingerprint density at radius 1 is 0.619 bits per heavy atom. The monoisotopic (exact) mass is 298 g/mol. The molecule has 0 aliphatic heterocycles. The van der Waals surface area contributed by atoms with Gasteiger partial charge in [-0.05, 0) is 24.2 Å². The van der Waals surface area contributed by atoms with E-state index in [-0.39, 0.29) is 0 Å². The third-order valence-corrected chi connectivity index (χ3v) is 4.52. The molecule has 0 nitrogen and oxygen atoms in total. The van der Waals surface area contributed by atoms with E-state index in [4.69, 9.17) is 0 Å². The van der Waals surface area contributed by atoms with E-state index >= 15 is 0 Å². The molecular weight excluding hydrogens is 252 g/mol. The van der Waals surface area contributed by atoms with Gasteiger partial charge in [0.25, 0.3) is 0 Å². The Labute approximate surface area is 137 Å². The zero-order chi connectivity index (χ0) is 16.6. The molecule has 0 aromatic heterocycles. The van der Waals surface area contributed by atoms with E-state index < -0.39 is 0 Å². The number of rotatable bonds is 12. The van der Waals surface area contributed by atoms with Crippen LogP contribution in [-0.4, -0.2) is 0 Å². The fourth-order valence-electron chi connectivity index (χ4n) is 2.69. The van der Waals surface area contributed by atoms with Gasteiger partial charge in [0.1, 0.15) is 0 Å². The molecule has 0 spiro atoms. The average Bonchev–Trinajstić information content (AvgIpc) is 2.47. The van der Waals surface area contributed by atoms with Crippen molar-refractivity contribution in [1.29, 1.82) is 0 Å². The molecule has 0 aliphatic carbocycles. The van der Waals surface area contributed by atoms with Crippen molar-refractivity contribution in [1.82, 2.24) is 0 Å². The Hall–Kier alpha value is 0. The van der Waals surface area contributed by atoms with Crippen molar-refractivity contribution in [3.63, 3.8) is 0 Å². The Bertz CT molecular complexity index is 162. The second-order valence-electron chi connectivity index (χ2n) is 7.76. The number of hydrogen-bond donors (Lipinski definition) is 0. The number of unbranched alkanes of at least 4 members (excludes halogenated alkanes) is 4. The predicted molar refractivity (Wildman–Crippen MR) is 101 cm³/mol. The number of hydrogen-bond acceptors (Lipinski definition) is 0. The lowest BCUT2D eigenvalue weighted by molar-refractivity contribution is 0.289. The van der Waals surface area contributed by atoms with Crippen LogP contribution in [0.2, 0.25) is 0 Å². The van der Waals surface area contributed by atoms with Crippen molar-refractivity contribution in [2.24, 2.45) is 11.3 Å². The van der Waals surface area contributed by atoms with E-state index in [0.29, 0.717) is 5.41 Å². The minimum absolute atomic E-state index is 0.603. The van der Waals surface area contributed by atoms with E-state index in [2.05, 4.69) is 48.5 Å². The van der Waals surface area contributed by atoms with Crippen LogP contribution in [0.5, 0.6) is 0 Å². The van der Waals surface area contributed by atoms with Crippen molar-refractivity contribution in [3.05, 3.63) is 0 Å².